The van der Waals surface area contributed by atoms with Crippen molar-refractivity contribution in [1.29, 1.82) is 0 Å². The van der Waals surface area contributed by atoms with Gasteiger partial charge in [0.1, 0.15) is 11.6 Å². The predicted molar refractivity (Wildman–Crippen MR) is 68.2 cm³/mol. The van der Waals surface area contributed by atoms with Crippen LogP contribution in [0.5, 0.6) is 0 Å². The van der Waals surface area contributed by atoms with Crippen LogP contribution in [0.1, 0.15) is 37.8 Å². The topological polar surface area (TPSA) is 29.3 Å². The van der Waals surface area contributed by atoms with Gasteiger partial charge in [0.2, 0.25) is 0 Å². The molecule has 1 aliphatic rings. The van der Waals surface area contributed by atoms with E-state index in [4.69, 9.17) is 5.73 Å². The minimum Gasteiger partial charge on any atom is -0.323 e. The second kappa shape index (κ2) is 5.76. The fraction of sp³-hybridized carbons (Fsp3) is 0.571. The van der Waals surface area contributed by atoms with Gasteiger partial charge in [0.05, 0.1) is 0 Å². The van der Waals surface area contributed by atoms with Crippen LogP contribution < -0.4 is 5.73 Å². The highest BCUT2D eigenvalue weighted by molar-refractivity contribution is 5.22. The van der Waals surface area contributed by atoms with Gasteiger partial charge >= 0.3 is 0 Å². The van der Waals surface area contributed by atoms with E-state index in [9.17, 15) is 8.78 Å². The SMILES string of the molecule is CCC1CCCN1CC(N)c1cc(F)ccc1F. The van der Waals surface area contributed by atoms with E-state index in [1.165, 1.54) is 12.5 Å². The lowest BCUT2D eigenvalue weighted by molar-refractivity contribution is 0.232. The lowest BCUT2D eigenvalue weighted by atomic mass is 10.1. The van der Waals surface area contributed by atoms with Gasteiger partial charge in [0.15, 0.2) is 0 Å². The molecule has 0 aliphatic carbocycles. The predicted octanol–water partition coefficient (Wildman–Crippen LogP) is 2.84. The number of nitrogens with zero attached hydrogens (tertiary/aromatic N) is 1. The van der Waals surface area contributed by atoms with Gasteiger partial charge in [-0.15, -0.1) is 0 Å². The quantitative estimate of drug-likeness (QED) is 0.895. The maximum atomic E-state index is 13.6. The largest absolute Gasteiger partial charge is 0.323 e. The lowest BCUT2D eigenvalue weighted by Crippen LogP contribution is -2.36. The first-order valence-corrected chi connectivity index (χ1v) is 6.56. The fourth-order valence-corrected chi connectivity index (χ4v) is 2.75. The molecule has 1 heterocycles. The summed E-state index contributed by atoms with van der Waals surface area (Å²) in [6.07, 6.45) is 3.42. The average molecular weight is 254 g/mol. The van der Waals surface area contributed by atoms with E-state index in [0.29, 0.717) is 12.6 Å². The van der Waals surface area contributed by atoms with Crippen LogP contribution in [0.3, 0.4) is 0 Å². The van der Waals surface area contributed by atoms with Crippen LogP contribution >= 0.6 is 0 Å². The number of benzene rings is 1. The molecule has 2 rings (SSSR count). The number of halogens is 2. The van der Waals surface area contributed by atoms with Crippen molar-refractivity contribution in [2.75, 3.05) is 13.1 Å². The third-order valence-corrected chi connectivity index (χ3v) is 3.76. The standard InChI is InChI=1S/C14H20F2N2/c1-2-11-4-3-7-18(11)9-14(17)12-8-10(15)5-6-13(12)16/h5-6,8,11,14H,2-4,7,9,17H2,1H3. The van der Waals surface area contributed by atoms with Gasteiger partial charge in [-0.2, -0.15) is 0 Å². The van der Waals surface area contributed by atoms with Crippen LogP contribution in [-0.2, 0) is 0 Å². The Morgan fingerprint density at radius 1 is 1.44 bits per heavy atom. The van der Waals surface area contributed by atoms with Crippen LogP contribution in [0.25, 0.3) is 0 Å². The molecular formula is C14H20F2N2. The molecule has 2 atom stereocenters. The molecule has 0 bridgehead atoms. The fourth-order valence-electron chi connectivity index (χ4n) is 2.75. The summed E-state index contributed by atoms with van der Waals surface area (Å²) >= 11 is 0. The van der Waals surface area contributed by atoms with Gasteiger partial charge in [-0.05, 0) is 44.0 Å². The molecule has 1 aliphatic heterocycles. The Morgan fingerprint density at radius 3 is 2.94 bits per heavy atom. The van der Waals surface area contributed by atoms with E-state index in [1.54, 1.807) is 0 Å². The molecule has 1 aromatic rings. The molecule has 1 saturated heterocycles. The molecule has 100 valence electrons. The smallest absolute Gasteiger partial charge is 0.128 e. The second-order valence-corrected chi connectivity index (χ2v) is 4.97. The average Bonchev–Trinajstić information content (AvgIpc) is 2.79. The molecule has 1 aromatic carbocycles. The van der Waals surface area contributed by atoms with Gasteiger partial charge in [0.25, 0.3) is 0 Å². The first-order valence-electron chi connectivity index (χ1n) is 6.56. The Morgan fingerprint density at radius 2 is 2.22 bits per heavy atom. The van der Waals surface area contributed by atoms with Crippen LogP contribution in [-0.4, -0.2) is 24.0 Å². The summed E-state index contributed by atoms with van der Waals surface area (Å²) in [6.45, 7) is 3.75. The summed E-state index contributed by atoms with van der Waals surface area (Å²) in [7, 11) is 0. The Balaban J connectivity index is 2.07. The molecule has 0 aromatic heterocycles. The molecule has 0 amide bonds. The Bertz CT molecular complexity index is 409. The van der Waals surface area contributed by atoms with E-state index in [-0.39, 0.29) is 5.56 Å². The van der Waals surface area contributed by atoms with E-state index in [2.05, 4.69) is 11.8 Å². The van der Waals surface area contributed by atoms with Crippen LogP contribution in [0.2, 0.25) is 0 Å². The molecule has 2 N–H and O–H groups in total. The zero-order valence-electron chi connectivity index (χ0n) is 10.7. The van der Waals surface area contributed by atoms with E-state index < -0.39 is 17.7 Å². The minimum atomic E-state index is -0.465. The normalized spacial score (nSPS) is 22.3. The molecule has 4 heteroatoms. The number of hydrogen-bond donors (Lipinski definition) is 1. The zero-order valence-corrected chi connectivity index (χ0v) is 10.7. The molecule has 0 spiro atoms. The van der Waals surface area contributed by atoms with Crippen LogP contribution in [0.4, 0.5) is 8.78 Å². The summed E-state index contributed by atoms with van der Waals surface area (Å²) in [6, 6.07) is 3.54. The first-order chi connectivity index (χ1) is 8.61. The second-order valence-electron chi connectivity index (χ2n) is 4.97. The minimum absolute atomic E-state index is 0.275. The van der Waals surface area contributed by atoms with Gasteiger partial charge in [-0.1, -0.05) is 6.92 Å². The molecule has 2 unspecified atom stereocenters. The van der Waals surface area contributed by atoms with Crippen molar-refractivity contribution >= 4 is 0 Å². The molecular weight excluding hydrogens is 234 g/mol. The number of rotatable bonds is 4. The van der Waals surface area contributed by atoms with Crippen molar-refractivity contribution in [3.8, 4) is 0 Å². The van der Waals surface area contributed by atoms with Crippen LogP contribution in [0, 0.1) is 11.6 Å². The van der Waals surface area contributed by atoms with Crippen molar-refractivity contribution < 1.29 is 8.78 Å². The molecule has 1 fully saturated rings. The third-order valence-electron chi connectivity index (χ3n) is 3.76. The van der Waals surface area contributed by atoms with Crippen molar-refractivity contribution in [2.45, 2.75) is 38.3 Å². The number of hydrogen-bond acceptors (Lipinski definition) is 2. The maximum Gasteiger partial charge on any atom is 0.128 e. The first kappa shape index (κ1) is 13.4. The monoisotopic (exact) mass is 254 g/mol. The van der Waals surface area contributed by atoms with E-state index in [0.717, 1.165) is 31.5 Å². The number of likely N-dealkylation sites (tertiary alicyclic amines) is 1. The zero-order chi connectivity index (χ0) is 13.1. The van der Waals surface area contributed by atoms with E-state index >= 15 is 0 Å². The summed E-state index contributed by atoms with van der Waals surface area (Å²) in [5, 5.41) is 0. The Hall–Kier alpha value is -1.00. The molecule has 0 saturated carbocycles. The van der Waals surface area contributed by atoms with E-state index in [1.807, 2.05) is 0 Å². The highest BCUT2D eigenvalue weighted by Crippen LogP contribution is 2.24. The number of nitrogens with two attached hydrogens (primary N) is 1. The van der Waals surface area contributed by atoms with Gasteiger partial charge in [-0.3, -0.25) is 4.90 Å². The van der Waals surface area contributed by atoms with Crippen molar-refractivity contribution in [2.24, 2.45) is 5.73 Å². The summed E-state index contributed by atoms with van der Waals surface area (Å²) in [4.78, 5) is 2.29. The van der Waals surface area contributed by atoms with Crippen molar-refractivity contribution in [3.63, 3.8) is 0 Å². The third kappa shape index (κ3) is 2.87. The maximum absolute atomic E-state index is 13.6. The van der Waals surface area contributed by atoms with Gasteiger partial charge in [0, 0.05) is 24.2 Å². The summed E-state index contributed by atoms with van der Waals surface area (Å²) in [5.41, 5.74) is 6.29. The van der Waals surface area contributed by atoms with Crippen LogP contribution in [0.15, 0.2) is 18.2 Å². The highest BCUT2D eigenvalue weighted by Gasteiger charge is 2.25. The summed E-state index contributed by atoms with van der Waals surface area (Å²) in [5.74, 6) is -0.855. The molecule has 0 radical (unpaired) electrons. The Kier molecular flexibility index (Phi) is 4.30. The molecule has 2 nitrogen and oxygen atoms in total. The summed E-state index contributed by atoms with van der Waals surface area (Å²) < 4.78 is 26.7. The van der Waals surface area contributed by atoms with Gasteiger partial charge in [-0.25, -0.2) is 8.78 Å². The highest BCUT2D eigenvalue weighted by atomic mass is 19.1. The van der Waals surface area contributed by atoms with Crippen molar-refractivity contribution in [3.05, 3.63) is 35.4 Å². The molecule has 18 heavy (non-hydrogen) atoms. The Labute approximate surface area is 107 Å². The lowest BCUT2D eigenvalue weighted by Gasteiger charge is -2.26. The van der Waals surface area contributed by atoms with Gasteiger partial charge < -0.3 is 5.73 Å². The van der Waals surface area contributed by atoms with Crippen molar-refractivity contribution in [1.82, 2.24) is 4.90 Å².